The van der Waals surface area contributed by atoms with E-state index in [0.29, 0.717) is 20.8 Å². The van der Waals surface area contributed by atoms with E-state index in [2.05, 4.69) is 16.2 Å². The van der Waals surface area contributed by atoms with E-state index in [1.165, 1.54) is 24.5 Å². The summed E-state index contributed by atoms with van der Waals surface area (Å²) < 4.78 is 4.92. The molecular formula is C12H8Cl3N3O2S. The molecule has 0 unspecified atom stereocenters. The van der Waals surface area contributed by atoms with E-state index in [9.17, 15) is 4.79 Å². The van der Waals surface area contributed by atoms with Gasteiger partial charge in [0.15, 0.2) is 10.9 Å². The summed E-state index contributed by atoms with van der Waals surface area (Å²) in [5, 5.41) is 3.86. The summed E-state index contributed by atoms with van der Waals surface area (Å²) in [5.74, 6) is -0.328. The second kappa shape index (κ2) is 7.00. The number of benzene rings is 1. The topological polar surface area (TPSA) is 66.3 Å². The largest absolute Gasteiger partial charge is 0.459 e. The maximum absolute atomic E-state index is 11.6. The van der Waals surface area contributed by atoms with E-state index < -0.39 is 5.91 Å². The van der Waals surface area contributed by atoms with Crippen LogP contribution in [0.1, 0.15) is 10.6 Å². The van der Waals surface area contributed by atoms with Crippen molar-refractivity contribution in [3.63, 3.8) is 0 Å². The van der Waals surface area contributed by atoms with Crippen LogP contribution in [0.3, 0.4) is 0 Å². The second-order valence-corrected chi connectivity index (χ2v) is 5.41. The van der Waals surface area contributed by atoms with E-state index in [-0.39, 0.29) is 10.9 Å². The zero-order chi connectivity index (χ0) is 15.4. The molecular weight excluding hydrogens is 357 g/mol. The molecule has 0 aliphatic rings. The van der Waals surface area contributed by atoms with Gasteiger partial charge < -0.3 is 9.73 Å². The first-order valence-electron chi connectivity index (χ1n) is 5.53. The van der Waals surface area contributed by atoms with Gasteiger partial charge in [-0.2, -0.15) is 0 Å². The Labute approximate surface area is 140 Å². The number of carbonyl (C=O) groups excluding carboxylic acids is 1. The fourth-order valence-corrected chi connectivity index (χ4v) is 2.45. The molecule has 0 atom stereocenters. The number of anilines is 1. The summed E-state index contributed by atoms with van der Waals surface area (Å²) in [4.78, 5) is 11.6. The number of hydrazine groups is 1. The molecule has 0 aliphatic carbocycles. The van der Waals surface area contributed by atoms with Crippen LogP contribution in [0.15, 0.2) is 34.9 Å². The van der Waals surface area contributed by atoms with Crippen LogP contribution in [-0.4, -0.2) is 11.0 Å². The van der Waals surface area contributed by atoms with E-state index >= 15 is 0 Å². The predicted octanol–water partition coefficient (Wildman–Crippen LogP) is 3.87. The molecule has 21 heavy (non-hydrogen) atoms. The summed E-state index contributed by atoms with van der Waals surface area (Å²) in [6.07, 6.45) is 1.39. The summed E-state index contributed by atoms with van der Waals surface area (Å²) in [7, 11) is 0. The SMILES string of the molecule is O=C(NNC(=S)Nc1c(Cl)cc(Cl)cc1Cl)c1ccco1. The Balaban J connectivity index is 1.95. The first kappa shape index (κ1) is 15.9. The summed E-state index contributed by atoms with van der Waals surface area (Å²) in [6.45, 7) is 0. The number of nitrogens with one attached hydrogen (secondary N) is 3. The van der Waals surface area contributed by atoms with Crippen LogP contribution in [0.4, 0.5) is 5.69 Å². The minimum absolute atomic E-state index is 0.0982. The molecule has 1 aromatic carbocycles. The second-order valence-electron chi connectivity index (χ2n) is 3.75. The number of rotatable bonds is 2. The molecule has 0 fully saturated rings. The molecule has 5 nitrogen and oxygen atoms in total. The smallest absolute Gasteiger partial charge is 0.305 e. The van der Waals surface area contributed by atoms with E-state index in [1.807, 2.05) is 0 Å². The third-order valence-corrected chi connectivity index (χ3v) is 3.30. The van der Waals surface area contributed by atoms with Crippen LogP contribution < -0.4 is 16.2 Å². The molecule has 9 heteroatoms. The average Bonchev–Trinajstić information content (AvgIpc) is 2.94. The third-order valence-electron chi connectivity index (χ3n) is 2.28. The zero-order valence-electron chi connectivity index (χ0n) is 10.2. The van der Waals surface area contributed by atoms with Gasteiger partial charge in [-0.05, 0) is 36.5 Å². The first-order chi connectivity index (χ1) is 9.97. The van der Waals surface area contributed by atoms with Crippen molar-refractivity contribution in [1.82, 2.24) is 10.9 Å². The molecule has 1 heterocycles. The van der Waals surface area contributed by atoms with Gasteiger partial charge in [-0.15, -0.1) is 0 Å². The van der Waals surface area contributed by atoms with Gasteiger partial charge in [0.25, 0.3) is 0 Å². The summed E-state index contributed by atoms with van der Waals surface area (Å²) in [5.41, 5.74) is 5.24. The van der Waals surface area contributed by atoms with Crippen molar-refractivity contribution in [2.75, 3.05) is 5.32 Å². The summed E-state index contributed by atoms with van der Waals surface area (Å²) >= 11 is 22.8. The Hall–Kier alpha value is -1.47. The van der Waals surface area contributed by atoms with Gasteiger partial charge >= 0.3 is 5.91 Å². The van der Waals surface area contributed by atoms with Gasteiger partial charge in [-0.3, -0.25) is 15.6 Å². The molecule has 0 bridgehead atoms. The number of thiocarbonyl (C=S) groups is 1. The minimum Gasteiger partial charge on any atom is -0.459 e. The lowest BCUT2D eigenvalue weighted by Gasteiger charge is -2.13. The van der Waals surface area contributed by atoms with Crippen molar-refractivity contribution in [3.05, 3.63) is 51.4 Å². The molecule has 1 aromatic heterocycles. The van der Waals surface area contributed by atoms with Gasteiger partial charge in [0.1, 0.15) is 0 Å². The Kier molecular flexibility index (Phi) is 5.30. The molecule has 110 valence electrons. The van der Waals surface area contributed by atoms with Gasteiger partial charge in [-0.25, -0.2) is 0 Å². The van der Waals surface area contributed by atoms with E-state index in [1.54, 1.807) is 6.07 Å². The van der Waals surface area contributed by atoms with Crippen LogP contribution in [0, 0.1) is 0 Å². The van der Waals surface area contributed by atoms with Crippen molar-refractivity contribution in [2.24, 2.45) is 0 Å². The highest BCUT2D eigenvalue weighted by molar-refractivity contribution is 7.80. The number of amides is 1. The number of halogens is 3. The van der Waals surface area contributed by atoms with Gasteiger partial charge in [0, 0.05) is 5.02 Å². The van der Waals surface area contributed by atoms with Crippen molar-refractivity contribution >= 4 is 63.7 Å². The molecule has 0 spiro atoms. The molecule has 3 N–H and O–H groups in total. The van der Waals surface area contributed by atoms with Gasteiger partial charge in [0.05, 0.1) is 22.0 Å². The van der Waals surface area contributed by atoms with Crippen LogP contribution >= 0.6 is 47.0 Å². The highest BCUT2D eigenvalue weighted by Gasteiger charge is 2.11. The first-order valence-corrected chi connectivity index (χ1v) is 7.07. The monoisotopic (exact) mass is 363 g/mol. The van der Waals surface area contributed by atoms with Crippen molar-refractivity contribution in [2.45, 2.75) is 0 Å². The van der Waals surface area contributed by atoms with Crippen molar-refractivity contribution < 1.29 is 9.21 Å². The highest BCUT2D eigenvalue weighted by Crippen LogP contribution is 2.33. The average molecular weight is 365 g/mol. The van der Waals surface area contributed by atoms with E-state index in [0.717, 1.165) is 0 Å². The fraction of sp³-hybridized carbons (Fsp3) is 0. The Morgan fingerprint density at radius 1 is 1.14 bits per heavy atom. The normalized spacial score (nSPS) is 10.0. The fourth-order valence-electron chi connectivity index (χ4n) is 1.39. The molecule has 1 amide bonds. The molecule has 0 saturated carbocycles. The third kappa shape index (κ3) is 4.25. The molecule has 0 saturated heterocycles. The van der Waals surface area contributed by atoms with Gasteiger partial charge in [-0.1, -0.05) is 34.8 Å². The maximum Gasteiger partial charge on any atom is 0.305 e. The van der Waals surface area contributed by atoms with Crippen molar-refractivity contribution in [3.8, 4) is 0 Å². The lowest BCUT2D eigenvalue weighted by molar-refractivity contribution is 0.0916. The minimum atomic E-state index is -0.475. The molecule has 0 aliphatic heterocycles. The maximum atomic E-state index is 11.6. The molecule has 2 aromatic rings. The quantitative estimate of drug-likeness (QED) is 0.557. The standard InChI is InChI=1S/C12H8Cl3N3O2S/c13-6-4-7(14)10(8(15)5-6)16-12(21)18-17-11(19)9-2-1-3-20-9/h1-5H,(H,17,19)(H2,16,18,21). The lowest BCUT2D eigenvalue weighted by Crippen LogP contribution is -2.43. The zero-order valence-corrected chi connectivity index (χ0v) is 13.3. The van der Waals surface area contributed by atoms with Crippen LogP contribution in [0.5, 0.6) is 0 Å². The summed E-state index contributed by atoms with van der Waals surface area (Å²) in [6, 6.07) is 6.14. The Bertz CT molecular complexity index is 653. The van der Waals surface area contributed by atoms with Crippen LogP contribution in [0.25, 0.3) is 0 Å². The molecule has 0 radical (unpaired) electrons. The Morgan fingerprint density at radius 3 is 2.38 bits per heavy atom. The molecule has 2 rings (SSSR count). The number of hydrogen-bond acceptors (Lipinski definition) is 3. The predicted molar refractivity (Wildman–Crippen MR) is 87.0 cm³/mol. The number of carbonyl (C=O) groups is 1. The van der Waals surface area contributed by atoms with Crippen LogP contribution in [0.2, 0.25) is 15.1 Å². The number of hydrogen-bond donors (Lipinski definition) is 3. The van der Waals surface area contributed by atoms with Crippen molar-refractivity contribution in [1.29, 1.82) is 0 Å². The number of furan rings is 1. The lowest BCUT2D eigenvalue weighted by atomic mass is 10.3. The van der Waals surface area contributed by atoms with E-state index in [4.69, 9.17) is 51.4 Å². The van der Waals surface area contributed by atoms with Gasteiger partial charge in [0.2, 0.25) is 0 Å². The Morgan fingerprint density at radius 2 is 1.81 bits per heavy atom. The highest BCUT2D eigenvalue weighted by atomic mass is 35.5. The van der Waals surface area contributed by atoms with Crippen LogP contribution in [-0.2, 0) is 0 Å².